The molecule has 2 atom stereocenters. The fourth-order valence-electron chi connectivity index (χ4n) is 2.15. The predicted molar refractivity (Wildman–Crippen MR) is 72.1 cm³/mol. The largest absolute Gasteiger partial charge is 0.373 e. The van der Waals surface area contributed by atoms with E-state index in [0.717, 1.165) is 5.56 Å². The van der Waals surface area contributed by atoms with Crippen molar-refractivity contribution < 1.29 is 13.9 Å². The van der Waals surface area contributed by atoms with E-state index in [4.69, 9.17) is 16.3 Å². The van der Waals surface area contributed by atoms with Crippen LogP contribution in [0.1, 0.15) is 22.8 Å². The molecule has 2 rings (SSSR count). The molecule has 2 unspecified atom stereocenters. The molecule has 1 aromatic carbocycles. The highest BCUT2D eigenvalue weighted by Gasteiger charge is 2.30. The van der Waals surface area contributed by atoms with Gasteiger partial charge in [0, 0.05) is 6.54 Å². The number of aryl methyl sites for hydroxylation is 1. The van der Waals surface area contributed by atoms with Crippen LogP contribution < -0.4 is 0 Å². The van der Waals surface area contributed by atoms with Crippen molar-refractivity contribution >= 4 is 17.5 Å². The lowest BCUT2D eigenvalue weighted by atomic mass is 10.1. The van der Waals surface area contributed by atoms with Gasteiger partial charge in [0.25, 0.3) is 5.91 Å². The Morgan fingerprint density at radius 1 is 1.58 bits per heavy atom. The van der Waals surface area contributed by atoms with E-state index >= 15 is 0 Å². The molecule has 0 aliphatic carbocycles. The van der Waals surface area contributed by atoms with Gasteiger partial charge in [-0.1, -0.05) is 11.6 Å². The van der Waals surface area contributed by atoms with Gasteiger partial charge in [-0.25, -0.2) is 4.39 Å². The Morgan fingerprint density at radius 2 is 2.32 bits per heavy atom. The van der Waals surface area contributed by atoms with Crippen LogP contribution in [0.15, 0.2) is 18.2 Å². The van der Waals surface area contributed by atoms with Crippen molar-refractivity contribution in [1.82, 2.24) is 4.90 Å². The van der Waals surface area contributed by atoms with Gasteiger partial charge in [0.2, 0.25) is 0 Å². The van der Waals surface area contributed by atoms with E-state index in [2.05, 4.69) is 0 Å². The van der Waals surface area contributed by atoms with Crippen LogP contribution in [0.25, 0.3) is 0 Å². The molecule has 0 spiro atoms. The molecule has 0 bridgehead atoms. The Kier molecular flexibility index (Phi) is 4.42. The molecule has 0 saturated carbocycles. The number of carbonyl (C=O) groups excluding carboxylic acids is 1. The van der Waals surface area contributed by atoms with Crippen molar-refractivity contribution in [2.24, 2.45) is 0 Å². The molecule has 0 aromatic heterocycles. The normalized spacial score (nSPS) is 23.5. The number of morpholine rings is 1. The van der Waals surface area contributed by atoms with Gasteiger partial charge in [-0.3, -0.25) is 4.79 Å². The molecule has 1 saturated heterocycles. The van der Waals surface area contributed by atoms with E-state index in [0.29, 0.717) is 19.0 Å². The number of carbonyl (C=O) groups is 1. The van der Waals surface area contributed by atoms with Crippen LogP contribution in [0.4, 0.5) is 4.39 Å². The monoisotopic (exact) mass is 285 g/mol. The van der Waals surface area contributed by atoms with Gasteiger partial charge in [-0.05, 0) is 26.0 Å². The summed E-state index contributed by atoms with van der Waals surface area (Å²) in [4.78, 5) is 14.1. The molecule has 1 fully saturated rings. The molecule has 0 N–H and O–H groups in total. The zero-order valence-corrected chi connectivity index (χ0v) is 11.8. The zero-order valence-electron chi connectivity index (χ0n) is 11.0. The number of alkyl halides is 1. The number of ether oxygens (including phenoxy) is 1. The predicted octanol–water partition coefficient (Wildman–Crippen LogP) is 2.60. The van der Waals surface area contributed by atoms with Gasteiger partial charge >= 0.3 is 0 Å². The molecule has 1 aliphatic heterocycles. The second-order valence-electron chi connectivity index (χ2n) is 4.90. The summed E-state index contributed by atoms with van der Waals surface area (Å²) in [5.41, 5.74) is 0.974. The average molecular weight is 286 g/mol. The molecule has 1 heterocycles. The van der Waals surface area contributed by atoms with Crippen LogP contribution in [0, 0.1) is 12.7 Å². The lowest BCUT2D eigenvalue weighted by Gasteiger charge is -2.37. The van der Waals surface area contributed by atoms with Crippen molar-refractivity contribution in [3.05, 3.63) is 35.1 Å². The molecule has 19 heavy (non-hydrogen) atoms. The summed E-state index contributed by atoms with van der Waals surface area (Å²) in [6.07, 6.45) is -0.185. The first kappa shape index (κ1) is 14.3. The molecule has 5 heteroatoms. The molecular formula is C14H17ClFNO2. The summed E-state index contributed by atoms with van der Waals surface area (Å²) in [6, 6.07) is 4.48. The maximum Gasteiger partial charge on any atom is 0.257 e. The molecule has 1 amide bonds. The molecule has 3 nitrogen and oxygen atoms in total. The van der Waals surface area contributed by atoms with Crippen molar-refractivity contribution in [2.45, 2.75) is 26.0 Å². The summed E-state index contributed by atoms with van der Waals surface area (Å²) in [5.74, 6) is -0.462. The topological polar surface area (TPSA) is 29.5 Å². The maximum absolute atomic E-state index is 13.8. The summed E-state index contributed by atoms with van der Waals surface area (Å²) < 4.78 is 19.3. The van der Waals surface area contributed by atoms with Crippen molar-refractivity contribution in [3.63, 3.8) is 0 Å². The second kappa shape index (κ2) is 5.88. The lowest BCUT2D eigenvalue weighted by molar-refractivity contribution is -0.0373. The van der Waals surface area contributed by atoms with Crippen LogP contribution in [0.5, 0.6) is 0 Å². The van der Waals surface area contributed by atoms with Gasteiger partial charge in [0.05, 0.1) is 30.2 Å². The average Bonchev–Trinajstić information content (AvgIpc) is 2.41. The minimum atomic E-state index is -0.489. The summed E-state index contributed by atoms with van der Waals surface area (Å²) in [6.45, 7) is 4.55. The van der Waals surface area contributed by atoms with E-state index in [1.165, 1.54) is 6.07 Å². The van der Waals surface area contributed by atoms with Crippen LogP contribution in [-0.2, 0) is 4.74 Å². The fraction of sp³-hybridized carbons (Fsp3) is 0.500. The first-order valence-electron chi connectivity index (χ1n) is 6.27. The fourth-order valence-corrected chi connectivity index (χ4v) is 2.34. The van der Waals surface area contributed by atoms with Crippen molar-refractivity contribution in [2.75, 3.05) is 19.0 Å². The van der Waals surface area contributed by atoms with Crippen molar-refractivity contribution in [3.8, 4) is 0 Å². The van der Waals surface area contributed by atoms with Crippen LogP contribution >= 0.6 is 11.6 Å². The quantitative estimate of drug-likeness (QED) is 0.782. The molecule has 104 valence electrons. The standard InChI is InChI=1S/C14H17ClFNO2/c1-9-3-4-13(16)12(5-9)14(18)17-7-11(6-15)19-8-10(17)2/h3-5,10-11H,6-8H2,1-2H3. The molecular weight excluding hydrogens is 269 g/mol. The summed E-state index contributed by atoms with van der Waals surface area (Å²) >= 11 is 5.76. The third-order valence-electron chi connectivity index (χ3n) is 3.29. The molecule has 0 radical (unpaired) electrons. The van der Waals surface area contributed by atoms with Crippen LogP contribution in [0.3, 0.4) is 0 Å². The number of nitrogens with zero attached hydrogens (tertiary/aromatic N) is 1. The third kappa shape index (κ3) is 3.07. The maximum atomic E-state index is 13.8. The Hall–Kier alpha value is -1.13. The van der Waals surface area contributed by atoms with Gasteiger partial charge in [-0.15, -0.1) is 11.6 Å². The number of halogens is 2. The second-order valence-corrected chi connectivity index (χ2v) is 5.21. The van der Waals surface area contributed by atoms with Crippen molar-refractivity contribution in [1.29, 1.82) is 0 Å². The number of hydrogen-bond donors (Lipinski definition) is 0. The Labute approximate surface area is 117 Å². The highest BCUT2D eigenvalue weighted by Crippen LogP contribution is 2.19. The minimum Gasteiger partial charge on any atom is -0.373 e. The number of amides is 1. The molecule has 1 aliphatic rings. The van der Waals surface area contributed by atoms with Gasteiger partial charge in [-0.2, -0.15) is 0 Å². The number of hydrogen-bond acceptors (Lipinski definition) is 2. The first-order valence-corrected chi connectivity index (χ1v) is 6.81. The first-order chi connectivity index (χ1) is 9.02. The Morgan fingerprint density at radius 3 is 3.00 bits per heavy atom. The summed E-state index contributed by atoms with van der Waals surface area (Å²) in [5, 5.41) is 0. The minimum absolute atomic E-state index is 0.0770. The Bertz CT molecular complexity index is 481. The van der Waals surface area contributed by atoms with E-state index < -0.39 is 5.82 Å². The third-order valence-corrected chi connectivity index (χ3v) is 3.63. The highest BCUT2D eigenvalue weighted by atomic mass is 35.5. The van der Waals surface area contributed by atoms with E-state index in [1.54, 1.807) is 17.0 Å². The summed E-state index contributed by atoms with van der Waals surface area (Å²) in [7, 11) is 0. The van der Waals surface area contributed by atoms with Crippen LogP contribution in [-0.4, -0.2) is 42.0 Å². The Balaban J connectivity index is 2.24. The SMILES string of the molecule is Cc1ccc(F)c(C(=O)N2CC(CCl)OCC2C)c1. The smallest absolute Gasteiger partial charge is 0.257 e. The van der Waals surface area contributed by atoms with E-state index in [-0.39, 0.29) is 23.6 Å². The zero-order chi connectivity index (χ0) is 14.0. The number of benzene rings is 1. The lowest BCUT2D eigenvalue weighted by Crippen LogP contribution is -2.51. The van der Waals surface area contributed by atoms with E-state index in [1.807, 2.05) is 13.8 Å². The molecule has 1 aromatic rings. The number of rotatable bonds is 2. The van der Waals surface area contributed by atoms with Gasteiger partial charge < -0.3 is 9.64 Å². The van der Waals surface area contributed by atoms with Gasteiger partial charge in [0.15, 0.2) is 0 Å². The van der Waals surface area contributed by atoms with Gasteiger partial charge in [0.1, 0.15) is 5.82 Å². The van der Waals surface area contributed by atoms with E-state index in [9.17, 15) is 9.18 Å². The van der Waals surface area contributed by atoms with Crippen LogP contribution in [0.2, 0.25) is 0 Å². The highest BCUT2D eigenvalue weighted by molar-refractivity contribution is 6.18.